The van der Waals surface area contributed by atoms with Crippen molar-refractivity contribution in [2.75, 3.05) is 12.4 Å². The molecule has 0 amide bonds. The van der Waals surface area contributed by atoms with Crippen molar-refractivity contribution in [3.8, 4) is 0 Å². The molecule has 1 aromatic rings. The molecular weight excluding hydrogens is 242 g/mol. The zero-order chi connectivity index (χ0) is 14.3. The Morgan fingerprint density at radius 2 is 2.00 bits per heavy atom. The quantitative estimate of drug-likeness (QED) is 0.768. The summed E-state index contributed by atoms with van der Waals surface area (Å²) in [5, 5.41) is 11.1. The summed E-state index contributed by atoms with van der Waals surface area (Å²) in [6, 6.07) is 3.71. The molecule has 1 heterocycles. The molecule has 5 heteroatoms. The highest BCUT2D eigenvalue weighted by molar-refractivity contribution is 5.86. The van der Waals surface area contributed by atoms with Crippen LogP contribution in [-0.4, -0.2) is 29.3 Å². The van der Waals surface area contributed by atoms with E-state index in [0.717, 1.165) is 12.3 Å². The zero-order valence-electron chi connectivity index (χ0n) is 12.1. The van der Waals surface area contributed by atoms with Crippen LogP contribution in [0.3, 0.4) is 0 Å². The van der Waals surface area contributed by atoms with Crippen LogP contribution in [-0.2, 0) is 4.74 Å². The van der Waals surface area contributed by atoms with Crippen molar-refractivity contribution in [1.29, 1.82) is 0 Å². The molecule has 1 unspecified atom stereocenters. The Bertz CT molecular complexity index is 390. The summed E-state index contributed by atoms with van der Waals surface area (Å²) in [7, 11) is 1.33. The lowest BCUT2D eigenvalue weighted by molar-refractivity contribution is 0.0593. The van der Waals surface area contributed by atoms with E-state index in [1.165, 1.54) is 20.0 Å². The van der Waals surface area contributed by atoms with E-state index in [1.807, 2.05) is 0 Å². The molecule has 1 N–H and O–H groups in total. The molecule has 1 atom stereocenters. The Labute approximate surface area is 114 Å². The van der Waals surface area contributed by atoms with Gasteiger partial charge in [-0.3, -0.25) is 0 Å². The zero-order valence-corrected chi connectivity index (χ0v) is 12.1. The first-order chi connectivity index (χ1) is 9.02. The molecule has 0 aliphatic rings. The van der Waals surface area contributed by atoms with Crippen LogP contribution in [0, 0.1) is 5.92 Å². The molecule has 0 radical (unpaired) electrons. The van der Waals surface area contributed by atoms with Crippen LogP contribution >= 0.6 is 0 Å². The van der Waals surface area contributed by atoms with Gasteiger partial charge >= 0.3 is 5.97 Å². The Hall–Kier alpha value is -1.65. The minimum atomic E-state index is -0.468. The lowest BCUT2D eigenvalue weighted by atomic mass is 10.0. The minimum absolute atomic E-state index is 0.223. The molecule has 0 fully saturated rings. The summed E-state index contributed by atoms with van der Waals surface area (Å²) in [5.41, 5.74) is 0.223. The average Bonchev–Trinajstić information content (AvgIpc) is 2.38. The third kappa shape index (κ3) is 5.68. The lowest BCUT2D eigenvalue weighted by Gasteiger charge is -2.14. The van der Waals surface area contributed by atoms with Gasteiger partial charge in [-0.05, 0) is 31.4 Å². The van der Waals surface area contributed by atoms with Crippen molar-refractivity contribution in [1.82, 2.24) is 10.2 Å². The highest BCUT2D eigenvalue weighted by atomic mass is 16.5. The first-order valence-electron chi connectivity index (χ1n) is 6.71. The number of aromatic nitrogens is 2. The topological polar surface area (TPSA) is 64.1 Å². The normalized spacial score (nSPS) is 12.3. The number of hydrogen-bond donors (Lipinski definition) is 1. The van der Waals surface area contributed by atoms with Gasteiger partial charge in [0.05, 0.1) is 7.11 Å². The SMILES string of the molecule is COC(=O)c1ccc(NC(C)CCCC(C)C)nn1. The van der Waals surface area contributed by atoms with Gasteiger partial charge in [0.2, 0.25) is 0 Å². The predicted octanol–water partition coefficient (Wildman–Crippen LogP) is 2.89. The highest BCUT2D eigenvalue weighted by Gasteiger charge is 2.09. The Balaban J connectivity index is 2.42. The number of esters is 1. The van der Waals surface area contributed by atoms with Crippen LogP contribution in [0.2, 0.25) is 0 Å². The molecule has 0 bridgehead atoms. The van der Waals surface area contributed by atoms with E-state index in [2.05, 4.69) is 41.0 Å². The number of nitrogens with zero attached hydrogens (tertiary/aromatic N) is 2. The fourth-order valence-electron chi connectivity index (χ4n) is 1.78. The summed E-state index contributed by atoms with van der Waals surface area (Å²) in [5.74, 6) is 0.958. The van der Waals surface area contributed by atoms with E-state index >= 15 is 0 Å². The summed E-state index contributed by atoms with van der Waals surface area (Å²) < 4.78 is 4.57. The number of carbonyl (C=O) groups is 1. The van der Waals surface area contributed by atoms with Gasteiger partial charge in [0, 0.05) is 6.04 Å². The number of carbonyl (C=O) groups excluding carboxylic acids is 1. The largest absolute Gasteiger partial charge is 0.464 e. The number of ether oxygens (including phenoxy) is 1. The molecular formula is C14H23N3O2. The number of hydrogen-bond acceptors (Lipinski definition) is 5. The fourth-order valence-corrected chi connectivity index (χ4v) is 1.78. The second-order valence-electron chi connectivity index (χ2n) is 5.17. The van der Waals surface area contributed by atoms with Crippen LogP contribution < -0.4 is 5.32 Å². The van der Waals surface area contributed by atoms with Crippen LogP contribution in [0.4, 0.5) is 5.82 Å². The summed E-state index contributed by atoms with van der Waals surface area (Å²) in [6.45, 7) is 6.58. The summed E-state index contributed by atoms with van der Waals surface area (Å²) in [6.07, 6.45) is 3.52. The molecule has 0 aliphatic heterocycles. The van der Waals surface area contributed by atoms with Crippen molar-refractivity contribution >= 4 is 11.8 Å². The fraction of sp³-hybridized carbons (Fsp3) is 0.643. The van der Waals surface area contributed by atoms with E-state index < -0.39 is 5.97 Å². The smallest absolute Gasteiger partial charge is 0.358 e. The van der Waals surface area contributed by atoms with Gasteiger partial charge in [0.1, 0.15) is 5.82 Å². The van der Waals surface area contributed by atoms with Crippen molar-refractivity contribution in [2.24, 2.45) is 5.92 Å². The van der Waals surface area contributed by atoms with Gasteiger partial charge in [-0.1, -0.05) is 26.7 Å². The molecule has 0 aromatic carbocycles. The van der Waals surface area contributed by atoms with E-state index in [4.69, 9.17) is 0 Å². The first kappa shape index (κ1) is 15.4. The van der Waals surface area contributed by atoms with Crippen molar-refractivity contribution in [3.05, 3.63) is 17.8 Å². The number of rotatable bonds is 7. The van der Waals surface area contributed by atoms with Crippen LogP contribution in [0.5, 0.6) is 0 Å². The maximum atomic E-state index is 11.2. The van der Waals surface area contributed by atoms with E-state index in [9.17, 15) is 4.79 Å². The third-order valence-corrected chi connectivity index (χ3v) is 2.87. The molecule has 0 aliphatic carbocycles. The monoisotopic (exact) mass is 265 g/mol. The van der Waals surface area contributed by atoms with Crippen molar-refractivity contribution in [3.63, 3.8) is 0 Å². The van der Waals surface area contributed by atoms with Crippen LogP contribution in [0.25, 0.3) is 0 Å². The molecule has 19 heavy (non-hydrogen) atoms. The van der Waals surface area contributed by atoms with E-state index in [1.54, 1.807) is 12.1 Å². The molecule has 5 nitrogen and oxygen atoms in total. The average molecular weight is 265 g/mol. The van der Waals surface area contributed by atoms with E-state index in [-0.39, 0.29) is 5.69 Å². The summed E-state index contributed by atoms with van der Waals surface area (Å²) in [4.78, 5) is 11.2. The maximum absolute atomic E-state index is 11.2. The first-order valence-corrected chi connectivity index (χ1v) is 6.71. The molecule has 106 valence electrons. The van der Waals surface area contributed by atoms with E-state index in [0.29, 0.717) is 11.9 Å². The molecule has 1 rings (SSSR count). The van der Waals surface area contributed by atoms with Gasteiger partial charge in [0.25, 0.3) is 0 Å². The van der Waals surface area contributed by atoms with Gasteiger partial charge < -0.3 is 10.1 Å². The second kappa shape index (κ2) is 7.71. The van der Waals surface area contributed by atoms with Crippen molar-refractivity contribution < 1.29 is 9.53 Å². The number of methoxy groups -OCH3 is 1. The molecule has 1 aromatic heterocycles. The second-order valence-corrected chi connectivity index (χ2v) is 5.17. The Morgan fingerprint density at radius 1 is 1.26 bits per heavy atom. The highest BCUT2D eigenvalue weighted by Crippen LogP contribution is 2.11. The van der Waals surface area contributed by atoms with Crippen molar-refractivity contribution in [2.45, 2.75) is 46.1 Å². The Morgan fingerprint density at radius 3 is 2.53 bits per heavy atom. The predicted molar refractivity (Wildman–Crippen MR) is 75.1 cm³/mol. The van der Waals surface area contributed by atoms with Gasteiger partial charge in [-0.15, -0.1) is 10.2 Å². The van der Waals surface area contributed by atoms with Gasteiger partial charge in [0.15, 0.2) is 5.69 Å². The Kier molecular flexibility index (Phi) is 6.25. The molecule has 0 spiro atoms. The standard InChI is InChI=1S/C14H23N3O2/c1-10(2)6-5-7-11(3)15-13-9-8-12(16-17-13)14(18)19-4/h8-11H,5-7H2,1-4H3,(H,15,17). The third-order valence-electron chi connectivity index (χ3n) is 2.87. The van der Waals surface area contributed by atoms with Crippen LogP contribution in [0.1, 0.15) is 50.5 Å². The molecule has 0 saturated heterocycles. The van der Waals surface area contributed by atoms with Gasteiger partial charge in [-0.2, -0.15) is 0 Å². The number of nitrogens with one attached hydrogen (secondary N) is 1. The minimum Gasteiger partial charge on any atom is -0.464 e. The lowest BCUT2D eigenvalue weighted by Crippen LogP contribution is -2.17. The number of anilines is 1. The van der Waals surface area contributed by atoms with Gasteiger partial charge in [-0.25, -0.2) is 4.79 Å². The molecule has 0 saturated carbocycles. The van der Waals surface area contributed by atoms with Crippen LogP contribution in [0.15, 0.2) is 12.1 Å². The maximum Gasteiger partial charge on any atom is 0.358 e. The summed E-state index contributed by atoms with van der Waals surface area (Å²) >= 11 is 0.